The number of hydrogen-bond donors (Lipinski definition) is 0. The normalized spacial score (nSPS) is 10.4. The first-order valence-corrected chi connectivity index (χ1v) is 4.92. The van der Waals surface area contributed by atoms with Gasteiger partial charge in [-0.05, 0) is 24.1 Å². The predicted octanol–water partition coefficient (Wildman–Crippen LogP) is 2.92. The van der Waals surface area contributed by atoms with E-state index < -0.39 is 0 Å². The van der Waals surface area contributed by atoms with E-state index in [1.54, 1.807) is 0 Å². The first kappa shape index (κ1) is 9.07. The van der Waals surface area contributed by atoms with Gasteiger partial charge in [-0.15, -0.1) is 0 Å². The summed E-state index contributed by atoms with van der Waals surface area (Å²) in [4.78, 5) is 0. The number of aromatic nitrogens is 1. The van der Waals surface area contributed by atoms with Gasteiger partial charge in [-0.25, -0.2) is 0 Å². The number of benzene rings is 1. The van der Waals surface area contributed by atoms with Crippen molar-refractivity contribution < 1.29 is 0 Å². The second-order valence-corrected chi connectivity index (χ2v) is 3.72. The predicted molar refractivity (Wildman–Crippen MR) is 59.4 cm³/mol. The van der Waals surface area contributed by atoms with Crippen molar-refractivity contribution in [2.75, 3.05) is 0 Å². The Hall–Kier alpha value is -1.50. The molecule has 0 aliphatic heterocycles. The highest BCUT2D eigenvalue weighted by Gasteiger charge is 2.03. The molecule has 2 rings (SSSR count). The molecule has 0 spiro atoms. The van der Waals surface area contributed by atoms with Crippen LogP contribution in [-0.4, -0.2) is 4.57 Å². The van der Waals surface area contributed by atoms with Crippen LogP contribution in [0.15, 0.2) is 42.6 Å². The minimum absolute atomic E-state index is 1.02. The minimum Gasteiger partial charge on any atom is -0.354 e. The van der Waals surface area contributed by atoms with Gasteiger partial charge in [0, 0.05) is 25.4 Å². The van der Waals surface area contributed by atoms with Crippen molar-refractivity contribution in [2.45, 2.75) is 13.3 Å². The smallest absolute Gasteiger partial charge is 0.0245 e. The highest BCUT2D eigenvalue weighted by atomic mass is 14.9. The van der Waals surface area contributed by atoms with Crippen LogP contribution < -0.4 is 0 Å². The summed E-state index contributed by atoms with van der Waals surface area (Å²) < 4.78 is 2.20. The lowest BCUT2D eigenvalue weighted by Gasteiger charge is -2.05. The molecule has 0 saturated heterocycles. The van der Waals surface area contributed by atoms with Gasteiger partial charge >= 0.3 is 0 Å². The van der Waals surface area contributed by atoms with Crippen LogP contribution in [0.3, 0.4) is 0 Å². The zero-order valence-electron chi connectivity index (χ0n) is 8.70. The third kappa shape index (κ3) is 1.72. The molecule has 0 saturated carbocycles. The van der Waals surface area contributed by atoms with E-state index in [2.05, 4.69) is 61.1 Å². The first-order chi connectivity index (χ1) is 6.77. The second kappa shape index (κ2) is 3.70. The largest absolute Gasteiger partial charge is 0.354 e. The van der Waals surface area contributed by atoms with Crippen molar-refractivity contribution in [2.24, 2.45) is 7.05 Å². The summed E-state index contributed by atoms with van der Waals surface area (Å²) in [6.07, 6.45) is 3.14. The summed E-state index contributed by atoms with van der Waals surface area (Å²) in [5, 5.41) is 0. The molecule has 0 radical (unpaired) electrons. The van der Waals surface area contributed by atoms with Gasteiger partial charge in [0.25, 0.3) is 0 Å². The molecule has 1 heterocycles. The van der Waals surface area contributed by atoms with Gasteiger partial charge in [0.15, 0.2) is 0 Å². The maximum atomic E-state index is 2.20. The molecular weight excluding hydrogens is 170 g/mol. The molecule has 2 aromatic rings. The molecule has 0 atom stereocenters. The van der Waals surface area contributed by atoms with Gasteiger partial charge in [-0.1, -0.05) is 30.3 Å². The molecule has 0 amide bonds. The Kier molecular flexibility index (Phi) is 2.40. The average molecular weight is 185 g/mol. The quantitative estimate of drug-likeness (QED) is 0.678. The fraction of sp³-hybridized carbons (Fsp3) is 0.231. The van der Waals surface area contributed by atoms with Gasteiger partial charge in [-0.2, -0.15) is 0 Å². The lowest BCUT2D eigenvalue weighted by Crippen LogP contribution is -1.97. The highest BCUT2D eigenvalue weighted by molar-refractivity contribution is 5.28. The Morgan fingerprint density at radius 1 is 1.07 bits per heavy atom. The van der Waals surface area contributed by atoms with Crippen molar-refractivity contribution >= 4 is 0 Å². The Bertz CT molecular complexity index is 393. The topological polar surface area (TPSA) is 4.93 Å². The van der Waals surface area contributed by atoms with Gasteiger partial charge < -0.3 is 4.57 Å². The van der Waals surface area contributed by atoms with E-state index in [1.165, 1.54) is 16.8 Å². The average Bonchev–Trinajstić information content (AvgIpc) is 2.51. The summed E-state index contributed by atoms with van der Waals surface area (Å²) in [6.45, 7) is 2.16. The molecule has 1 aromatic carbocycles. The molecular formula is C13H15N. The maximum absolute atomic E-state index is 2.20. The summed E-state index contributed by atoms with van der Waals surface area (Å²) in [5.41, 5.74) is 4.14. The van der Waals surface area contributed by atoms with E-state index in [0.29, 0.717) is 0 Å². The van der Waals surface area contributed by atoms with Crippen molar-refractivity contribution in [3.8, 4) is 0 Å². The fourth-order valence-electron chi connectivity index (χ4n) is 1.74. The SMILES string of the molecule is Cc1ccn(C)c1Cc1ccccc1. The maximum Gasteiger partial charge on any atom is 0.0245 e. The third-order valence-corrected chi connectivity index (χ3v) is 2.64. The molecule has 0 bridgehead atoms. The van der Waals surface area contributed by atoms with Gasteiger partial charge in [0.05, 0.1) is 0 Å². The summed E-state index contributed by atoms with van der Waals surface area (Å²) in [6, 6.07) is 12.7. The van der Waals surface area contributed by atoms with Crippen LogP contribution in [0.1, 0.15) is 16.8 Å². The van der Waals surface area contributed by atoms with Crippen molar-refractivity contribution in [1.29, 1.82) is 0 Å². The Morgan fingerprint density at radius 2 is 1.79 bits per heavy atom. The van der Waals surface area contributed by atoms with Crippen LogP contribution in [0, 0.1) is 6.92 Å². The van der Waals surface area contributed by atoms with E-state index in [9.17, 15) is 0 Å². The van der Waals surface area contributed by atoms with Crippen LogP contribution in [0.25, 0.3) is 0 Å². The molecule has 72 valence electrons. The fourth-order valence-corrected chi connectivity index (χ4v) is 1.74. The summed E-state index contributed by atoms with van der Waals surface area (Å²) in [5.74, 6) is 0. The molecule has 0 aliphatic carbocycles. The lowest BCUT2D eigenvalue weighted by molar-refractivity contribution is 0.844. The van der Waals surface area contributed by atoms with Crippen LogP contribution >= 0.6 is 0 Å². The molecule has 1 nitrogen and oxygen atoms in total. The molecule has 0 fully saturated rings. The van der Waals surface area contributed by atoms with Crippen molar-refractivity contribution in [3.05, 3.63) is 59.4 Å². The van der Waals surface area contributed by atoms with E-state index >= 15 is 0 Å². The highest BCUT2D eigenvalue weighted by Crippen LogP contribution is 2.13. The number of nitrogens with zero attached hydrogens (tertiary/aromatic N) is 1. The standard InChI is InChI=1S/C13H15N/c1-11-8-9-14(2)13(11)10-12-6-4-3-5-7-12/h3-9H,10H2,1-2H3. The lowest BCUT2D eigenvalue weighted by atomic mass is 10.1. The van der Waals surface area contributed by atoms with Crippen molar-refractivity contribution in [1.82, 2.24) is 4.57 Å². The zero-order valence-corrected chi connectivity index (χ0v) is 8.70. The van der Waals surface area contributed by atoms with E-state index in [1.807, 2.05) is 0 Å². The van der Waals surface area contributed by atoms with Gasteiger partial charge in [0.1, 0.15) is 0 Å². The van der Waals surface area contributed by atoms with Crippen LogP contribution in [0.2, 0.25) is 0 Å². The van der Waals surface area contributed by atoms with Crippen LogP contribution in [0.4, 0.5) is 0 Å². The zero-order chi connectivity index (χ0) is 9.97. The molecule has 0 aliphatic rings. The van der Waals surface area contributed by atoms with E-state index in [0.717, 1.165) is 6.42 Å². The Labute approximate surface area is 85.0 Å². The Morgan fingerprint density at radius 3 is 2.36 bits per heavy atom. The minimum atomic E-state index is 1.02. The van der Waals surface area contributed by atoms with Crippen LogP contribution in [-0.2, 0) is 13.5 Å². The summed E-state index contributed by atoms with van der Waals surface area (Å²) in [7, 11) is 2.10. The number of rotatable bonds is 2. The summed E-state index contributed by atoms with van der Waals surface area (Å²) >= 11 is 0. The molecule has 1 aromatic heterocycles. The molecule has 0 N–H and O–H groups in total. The van der Waals surface area contributed by atoms with Crippen LogP contribution in [0.5, 0.6) is 0 Å². The molecule has 1 heteroatoms. The number of aryl methyl sites for hydroxylation is 2. The van der Waals surface area contributed by atoms with Gasteiger partial charge in [0.2, 0.25) is 0 Å². The molecule has 0 unspecified atom stereocenters. The Balaban J connectivity index is 2.27. The van der Waals surface area contributed by atoms with E-state index in [-0.39, 0.29) is 0 Å². The molecule has 14 heavy (non-hydrogen) atoms. The first-order valence-electron chi connectivity index (χ1n) is 4.92. The van der Waals surface area contributed by atoms with Gasteiger partial charge in [-0.3, -0.25) is 0 Å². The van der Waals surface area contributed by atoms with E-state index in [4.69, 9.17) is 0 Å². The number of hydrogen-bond acceptors (Lipinski definition) is 0. The third-order valence-electron chi connectivity index (χ3n) is 2.64. The second-order valence-electron chi connectivity index (χ2n) is 3.72. The monoisotopic (exact) mass is 185 g/mol. The van der Waals surface area contributed by atoms with Crippen molar-refractivity contribution in [3.63, 3.8) is 0 Å².